The Balaban J connectivity index is 1.98. The van der Waals surface area contributed by atoms with E-state index in [-0.39, 0.29) is 36.1 Å². The summed E-state index contributed by atoms with van der Waals surface area (Å²) < 4.78 is 29.2. The molecule has 0 saturated heterocycles. The molecule has 0 saturated carbocycles. The van der Waals surface area contributed by atoms with Crippen molar-refractivity contribution in [3.05, 3.63) is 53.3 Å². The third-order valence-electron chi connectivity index (χ3n) is 3.88. The molecule has 0 spiro atoms. The van der Waals surface area contributed by atoms with Gasteiger partial charge in [-0.05, 0) is 29.8 Å². The summed E-state index contributed by atoms with van der Waals surface area (Å²) in [6.07, 6.45) is 0. The van der Waals surface area contributed by atoms with Crippen LogP contribution in [0.15, 0.2) is 36.4 Å². The van der Waals surface area contributed by atoms with Crippen molar-refractivity contribution in [2.75, 3.05) is 25.7 Å². The van der Waals surface area contributed by atoms with E-state index in [2.05, 4.69) is 4.74 Å². The normalized spacial score (nSPS) is 13.1. The predicted molar refractivity (Wildman–Crippen MR) is 87.4 cm³/mol. The molecule has 0 atom stereocenters. The van der Waals surface area contributed by atoms with Crippen LogP contribution in [-0.4, -0.2) is 32.7 Å². The number of fused-ring (bicyclic) bond motifs is 1. The molecule has 2 aromatic carbocycles. The molecular formula is C18H16FNO5. The van der Waals surface area contributed by atoms with Gasteiger partial charge in [0.25, 0.3) is 5.91 Å². The number of esters is 1. The summed E-state index contributed by atoms with van der Waals surface area (Å²) in [4.78, 5) is 25.4. The maximum absolute atomic E-state index is 14.3. The average Bonchev–Trinajstić information content (AvgIpc) is 2.63. The lowest BCUT2D eigenvalue weighted by atomic mass is 10.1. The van der Waals surface area contributed by atoms with Crippen molar-refractivity contribution in [2.45, 2.75) is 6.54 Å². The smallest absolute Gasteiger partial charge is 0.338 e. The summed E-state index contributed by atoms with van der Waals surface area (Å²) >= 11 is 0. The first-order chi connectivity index (χ1) is 12.0. The van der Waals surface area contributed by atoms with E-state index >= 15 is 0 Å². The van der Waals surface area contributed by atoms with Crippen molar-refractivity contribution < 1.29 is 28.2 Å². The first-order valence-corrected chi connectivity index (χ1v) is 7.51. The Morgan fingerprint density at radius 2 is 1.96 bits per heavy atom. The Morgan fingerprint density at radius 3 is 2.60 bits per heavy atom. The van der Waals surface area contributed by atoms with Gasteiger partial charge in [-0.2, -0.15) is 0 Å². The van der Waals surface area contributed by atoms with Crippen molar-refractivity contribution >= 4 is 17.6 Å². The summed E-state index contributed by atoms with van der Waals surface area (Å²) in [5.41, 5.74) is 1.04. The van der Waals surface area contributed by atoms with Crippen LogP contribution in [0, 0.1) is 5.82 Å². The predicted octanol–water partition coefficient (Wildman–Crippen LogP) is 2.55. The van der Waals surface area contributed by atoms with Crippen LogP contribution >= 0.6 is 0 Å². The molecule has 0 bridgehead atoms. The zero-order valence-electron chi connectivity index (χ0n) is 13.7. The lowest BCUT2D eigenvalue weighted by Gasteiger charge is -2.30. The third-order valence-corrected chi connectivity index (χ3v) is 3.88. The summed E-state index contributed by atoms with van der Waals surface area (Å²) in [7, 11) is 2.77. The lowest BCUT2D eigenvalue weighted by molar-refractivity contribution is -0.121. The highest BCUT2D eigenvalue weighted by molar-refractivity contribution is 6.00. The number of hydrogen-bond acceptors (Lipinski definition) is 5. The van der Waals surface area contributed by atoms with E-state index < -0.39 is 11.8 Å². The minimum atomic E-state index is -0.717. The topological polar surface area (TPSA) is 65.1 Å². The van der Waals surface area contributed by atoms with Gasteiger partial charge in [-0.15, -0.1) is 0 Å². The van der Waals surface area contributed by atoms with Crippen molar-refractivity contribution in [2.24, 2.45) is 0 Å². The van der Waals surface area contributed by atoms with Crippen LogP contribution in [0.4, 0.5) is 10.1 Å². The van der Waals surface area contributed by atoms with E-state index in [1.54, 1.807) is 19.2 Å². The molecule has 0 aromatic heterocycles. The molecule has 1 aliphatic heterocycles. The van der Waals surface area contributed by atoms with Gasteiger partial charge in [0.2, 0.25) is 0 Å². The molecule has 1 aliphatic rings. The molecule has 7 heteroatoms. The molecule has 2 aromatic rings. The standard InChI is InChI=1S/C18H16FNO5/c1-23-13-5-3-11(4-6-13)9-20-15-8-12(18(22)24-2)7-14(19)17(15)25-10-16(20)21/h3-8H,9-10H2,1-2H3. The van der Waals surface area contributed by atoms with Crippen LogP contribution in [0.5, 0.6) is 11.5 Å². The van der Waals surface area contributed by atoms with Gasteiger partial charge in [-0.1, -0.05) is 12.1 Å². The fourth-order valence-corrected chi connectivity index (χ4v) is 2.59. The van der Waals surface area contributed by atoms with Crippen molar-refractivity contribution in [1.29, 1.82) is 0 Å². The minimum absolute atomic E-state index is 0.0109. The number of rotatable bonds is 4. The van der Waals surface area contributed by atoms with Crippen LogP contribution in [-0.2, 0) is 16.1 Å². The van der Waals surface area contributed by atoms with Crippen LogP contribution in [0.3, 0.4) is 0 Å². The molecule has 1 amide bonds. The SMILES string of the molecule is COC(=O)c1cc(F)c2c(c1)N(Cc1ccc(OC)cc1)C(=O)CO2. The molecule has 0 N–H and O–H groups in total. The van der Waals surface area contributed by atoms with Gasteiger partial charge in [-0.3, -0.25) is 4.79 Å². The number of carbonyl (C=O) groups is 2. The van der Waals surface area contributed by atoms with Crippen molar-refractivity contribution in [3.8, 4) is 11.5 Å². The number of amides is 1. The molecule has 0 fully saturated rings. The Morgan fingerprint density at radius 1 is 1.24 bits per heavy atom. The molecule has 0 unspecified atom stereocenters. The second kappa shape index (κ2) is 6.80. The quantitative estimate of drug-likeness (QED) is 0.797. The second-order valence-electron chi connectivity index (χ2n) is 5.41. The molecular weight excluding hydrogens is 329 g/mol. The molecule has 0 aliphatic carbocycles. The molecule has 25 heavy (non-hydrogen) atoms. The van der Waals surface area contributed by atoms with Gasteiger partial charge in [-0.25, -0.2) is 9.18 Å². The van der Waals surface area contributed by atoms with Gasteiger partial charge in [0, 0.05) is 0 Å². The molecule has 6 nitrogen and oxygen atoms in total. The van der Waals surface area contributed by atoms with E-state index in [0.717, 1.165) is 11.6 Å². The largest absolute Gasteiger partial charge is 0.497 e. The number of carbonyl (C=O) groups excluding carboxylic acids is 2. The van der Waals surface area contributed by atoms with E-state index in [4.69, 9.17) is 9.47 Å². The van der Waals surface area contributed by atoms with E-state index in [9.17, 15) is 14.0 Å². The zero-order valence-corrected chi connectivity index (χ0v) is 13.7. The summed E-state index contributed by atoms with van der Waals surface area (Å²) in [6.45, 7) is -0.0547. The highest BCUT2D eigenvalue weighted by Crippen LogP contribution is 2.37. The monoisotopic (exact) mass is 345 g/mol. The van der Waals surface area contributed by atoms with Crippen LogP contribution in [0.25, 0.3) is 0 Å². The Hall–Kier alpha value is -3.09. The van der Waals surface area contributed by atoms with Gasteiger partial charge in [0.15, 0.2) is 18.2 Å². The van der Waals surface area contributed by atoms with Crippen LogP contribution in [0.1, 0.15) is 15.9 Å². The number of anilines is 1. The number of benzene rings is 2. The molecule has 130 valence electrons. The van der Waals surface area contributed by atoms with Gasteiger partial charge < -0.3 is 19.1 Å². The number of halogens is 1. The third kappa shape index (κ3) is 3.26. The molecule has 3 rings (SSSR count). The number of nitrogens with zero attached hydrogens (tertiary/aromatic N) is 1. The fraction of sp³-hybridized carbons (Fsp3) is 0.222. The number of methoxy groups -OCH3 is 2. The average molecular weight is 345 g/mol. The Kier molecular flexibility index (Phi) is 4.56. The highest BCUT2D eigenvalue weighted by atomic mass is 19.1. The number of hydrogen-bond donors (Lipinski definition) is 0. The van der Waals surface area contributed by atoms with E-state index in [0.29, 0.717) is 5.75 Å². The van der Waals surface area contributed by atoms with Gasteiger partial charge >= 0.3 is 5.97 Å². The first-order valence-electron chi connectivity index (χ1n) is 7.51. The second-order valence-corrected chi connectivity index (χ2v) is 5.41. The van der Waals surface area contributed by atoms with E-state index in [1.165, 1.54) is 18.1 Å². The fourth-order valence-electron chi connectivity index (χ4n) is 2.59. The maximum atomic E-state index is 14.3. The first kappa shape index (κ1) is 16.8. The minimum Gasteiger partial charge on any atom is -0.497 e. The summed E-state index contributed by atoms with van der Waals surface area (Å²) in [5, 5.41) is 0. The lowest BCUT2D eigenvalue weighted by Crippen LogP contribution is -2.38. The van der Waals surface area contributed by atoms with Gasteiger partial charge in [0.1, 0.15) is 5.75 Å². The van der Waals surface area contributed by atoms with Crippen LogP contribution in [0.2, 0.25) is 0 Å². The number of ether oxygens (including phenoxy) is 3. The maximum Gasteiger partial charge on any atom is 0.338 e. The molecule has 0 radical (unpaired) electrons. The highest BCUT2D eigenvalue weighted by Gasteiger charge is 2.29. The summed E-state index contributed by atoms with van der Waals surface area (Å²) in [6, 6.07) is 9.58. The Bertz CT molecular complexity index is 819. The van der Waals surface area contributed by atoms with E-state index in [1.807, 2.05) is 12.1 Å². The van der Waals surface area contributed by atoms with Crippen LogP contribution < -0.4 is 14.4 Å². The summed E-state index contributed by atoms with van der Waals surface area (Å²) in [5.74, 6) is -1.10. The van der Waals surface area contributed by atoms with Crippen molar-refractivity contribution in [3.63, 3.8) is 0 Å². The zero-order chi connectivity index (χ0) is 18.0. The van der Waals surface area contributed by atoms with Gasteiger partial charge in [0.05, 0.1) is 32.0 Å². The van der Waals surface area contributed by atoms with Crippen molar-refractivity contribution in [1.82, 2.24) is 0 Å². The Labute approximate surface area is 143 Å². The molecule has 1 heterocycles.